The van der Waals surface area contributed by atoms with Crippen LogP contribution in [0.4, 0.5) is 0 Å². The van der Waals surface area contributed by atoms with Gasteiger partial charge in [0.05, 0.1) is 29.7 Å². The van der Waals surface area contributed by atoms with E-state index in [-0.39, 0.29) is 5.91 Å². The molecule has 0 aromatic carbocycles. The lowest BCUT2D eigenvalue weighted by Gasteiger charge is -2.20. The lowest BCUT2D eigenvalue weighted by molar-refractivity contribution is -0.121. The highest BCUT2D eigenvalue weighted by atomic mass is 16.1. The van der Waals surface area contributed by atoms with Gasteiger partial charge in [0, 0.05) is 12.6 Å². The van der Waals surface area contributed by atoms with Crippen molar-refractivity contribution in [2.45, 2.75) is 83.2 Å². The lowest BCUT2D eigenvalue weighted by atomic mass is 9.86. The second kappa shape index (κ2) is 9.35. The first kappa shape index (κ1) is 19.2. The second-order valence-corrected chi connectivity index (χ2v) is 8.44. The Morgan fingerprint density at radius 2 is 1.86 bits per heavy atom. The molecule has 150 valence electrons. The summed E-state index contributed by atoms with van der Waals surface area (Å²) in [5.41, 5.74) is 2.95. The van der Waals surface area contributed by atoms with Crippen molar-refractivity contribution < 1.29 is 4.79 Å². The van der Waals surface area contributed by atoms with Gasteiger partial charge in [-0.15, -0.1) is 0 Å². The number of pyridine rings is 1. The van der Waals surface area contributed by atoms with Crippen molar-refractivity contribution in [3.8, 4) is 11.4 Å². The molecule has 2 fully saturated rings. The quantitative estimate of drug-likeness (QED) is 0.732. The van der Waals surface area contributed by atoms with E-state index in [0.29, 0.717) is 19.0 Å². The maximum atomic E-state index is 12.3. The molecule has 1 amide bonds. The minimum absolute atomic E-state index is 0.153. The summed E-state index contributed by atoms with van der Waals surface area (Å²) in [6.45, 7) is 0.503. The molecule has 5 heteroatoms. The van der Waals surface area contributed by atoms with E-state index in [1.807, 2.05) is 24.4 Å². The molecule has 2 aromatic rings. The Morgan fingerprint density at radius 1 is 1.07 bits per heavy atom. The van der Waals surface area contributed by atoms with E-state index in [2.05, 4.69) is 21.0 Å². The van der Waals surface area contributed by atoms with Crippen LogP contribution in [0.1, 0.15) is 82.4 Å². The first-order valence-corrected chi connectivity index (χ1v) is 11.1. The first-order valence-electron chi connectivity index (χ1n) is 11.1. The summed E-state index contributed by atoms with van der Waals surface area (Å²) in [6.07, 6.45) is 15.0. The number of nitrogens with one attached hydrogen (secondary N) is 1. The molecule has 2 saturated carbocycles. The Hall–Kier alpha value is -2.17. The molecule has 0 unspecified atom stereocenters. The number of amides is 1. The minimum atomic E-state index is 0.153. The predicted octanol–water partition coefficient (Wildman–Crippen LogP) is 5.04. The van der Waals surface area contributed by atoms with Crippen molar-refractivity contribution in [1.29, 1.82) is 0 Å². The zero-order chi connectivity index (χ0) is 19.2. The van der Waals surface area contributed by atoms with E-state index in [4.69, 9.17) is 5.10 Å². The summed E-state index contributed by atoms with van der Waals surface area (Å²) >= 11 is 0. The molecular weight excluding hydrogens is 348 g/mol. The highest BCUT2D eigenvalue weighted by Gasteiger charge is 2.22. The number of rotatable bonds is 7. The third-order valence-electron chi connectivity index (χ3n) is 6.36. The van der Waals surface area contributed by atoms with Crippen LogP contribution in [0.25, 0.3) is 11.4 Å². The smallest absolute Gasteiger partial charge is 0.220 e. The normalized spacial score (nSPS) is 18.4. The molecule has 1 N–H and O–H groups in total. The Labute approximate surface area is 167 Å². The molecule has 5 nitrogen and oxygen atoms in total. The van der Waals surface area contributed by atoms with Crippen LogP contribution >= 0.6 is 0 Å². The fourth-order valence-corrected chi connectivity index (χ4v) is 4.75. The molecule has 0 spiro atoms. The van der Waals surface area contributed by atoms with E-state index in [9.17, 15) is 4.79 Å². The van der Waals surface area contributed by atoms with Gasteiger partial charge >= 0.3 is 0 Å². The van der Waals surface area contributed by atoms with Gasteiger partial charge in [0.25, 0.3) is 0 Å². The van der Waals surface area contributed by atoms with Gasteiger partial charge in [-0.1, -0.05) is 51.0 Å². The van der Waals surface area contributed by atoms with E-state index < -0.39 is 0 Å². The maximum absolute atomic E-state index is 12.3. The zero-order valence-corrected chi connectivity index (χ0v) is 16.8. The van der Waals surface area contributed by atoms with Crippen LogP contribution in [-0.2, 0) is 11.3 Å². The molecule has 0 aliphatic heterocycles. The number of hydrogen-bond donors (Lipinski definition) is 1. The van der Waals surface area contributed by atoms with Gasteiger partial charge in [-0.05, 0) is 43.4 Å². The molecule has 2 aliphatic rings. The average molecular weight is 381 g/mol. The summed E-state index contributed by atoms with van der Waals surface area (Å²) < 4.78 is 2.15. The van der Waals surface area contributed by atoms with Crippen LogP contribution in [-0.4, -0.2) is 20.7 Å². The summed E-state index contributed by atoms with van der Waals surface area (Å²) in [7, 11) is 0. The Balaban J connectivity index is 1.38. The SMILES string of the molecule is O=C(CCC1CCCCC1)NCc1cc(-c2ccccn2)n(C2CCCC2)n1. The molecule has 2 aromatic heterocycles. The highest BCUT2D eigenvalue weighted by Crippen LogP contribution is 2.33. The number of carbonyl (C=O) groups is 1. The first-order chi connectivity index (χ1) is 13.8. The third-order valence-corrected chi connectivity index (χ3v) is 6.36. The maximum Gasteiger partial charge on any atom is 0.220 e. The van der Waals surface area contributed by atoms with Gasteiger partial charge in [0.1, 0.15) is 0 Å². The fourth-order valence-electron chi connectivity index (χ4n) is 4.75. The molecule has 0 saturated heterocycles. The van der Waals surface area contributed by atoms with Crippen LogP contribution in [0.2, 0.25) is 0 Å². The number of aromatic nitrogens is 3. The number of carbonyl (C=O) groups excluding carboxylic acids is 1. The van der Waals surface area contributed by atoms with Gasteiger partial charge in [-0.25, -0.2) is 0 Å². The average Bonchev–Trinajstić information content (AvgIpc) is 3.42. The standard InChI is InChI=1S/C23H32N4O/c28-23(14-13-18-8-2-1-3-9-18)25-17-19-16-22(21-12-6-7-15-24-21)27(26-19)20-10-4-5-11-20/h6-7,12,15-16,18,20H,1-5,8-11,13-14,17H2,(H,25,28). The monoisotopic (exact) mass is 380 g/mol. The summed E-state index contributed by atoms with van der Waals surface area (Å²) in [5.74, 6) is 0.900. The van der Waals surface area contributed by atoms with Gasteiger partial charge in [-0.3, -0.25) is 14.5 Å². The summed E-state index contributed by atoms with van der Waals surface area (Å²) in [5, 5.41) is 7.94. The lowest BCUT2D eigenvalue weighted by Crippen LogP contribution is -2.24. The van der Waals surface area contributed by atoms with Crippen LogP contribution in [0.5, 0.6) is 0 Å². The molecular formula is C23H32N4O. The van der Waals surface area contributed by atoms with Gasteiger partial charge in [0.15, 0.2) is 0 Å². The van der Waals surface area contributed by atoms with Crippen LogP contribution < -0.4 is 5.32 Å². The second-order valence-electron chi connectivity index (χ2n) is 8.44. The van der Waals surface area contributed by atoms with Gasteiger partial charge < -0.3 is 5.32 Å². The molecule has 2 aliphatic carbocycles. The van der Waals surface area contributed by atoms with Crippen LogP contribution in [0, 0.1) is 5.92 Å². The van der Waals surface area contributed by atoms with Crippen molar-refractivity contribution in [1.82, 2.24) is 20.1 Å². The molecule has 0 atom stereocenters. The number of hydrogen-bond acceptors (Lipinski definition) is 3. The largest absolute Gasteiger partial charge is 0.350 e. The number of nitrogens with zero attached hydrogens (tertiary/aromatic N) is 3. The molecule has 4 rings (SSSR count). The van der Waals surface area contributed by atoms with Crippen molar-refractivity contribution in [2.75, 3.05) is 0 Å². The van der Waals surface area contributed by atoms with Gasteiger partial charge in [0.2, 0.25) is 5.91 Å². The van der Waals surface area contributed by atoms with Crippen LogP contribution in [0.3, 0.4) is 0 Å². The van der Waals surface area contributed by atoms with E-state index in [0.717, 1.165) is 29.4 Å². The van der Waals surface area contributed by atoms with Crippen LogP contribution in [0.15, 0.2) is 30.5 Å². The van der Waals surface area contributed by atoms with Crippen molar-refractivity contribution in [3.63, 3.8) is 0 Å². The minimum Gasteiger partial charge on any atom is -0.350 e. The Morgan fingerprint density at radius 3 is 2.61 bits per heavy atom. The molecule has 0 bridgehead atoms. The molecule has 2 heterocycles. The highest BCUT2D eigenvalue weighted by molar-refractivity contribution is 5.75. The van der Waals surface area contributed by atoms with E-state index >= 15 is 0 Å². The third kappa shape index (κ3) is 4.81. The van der Waals surface area contributed by atoms with Gasteiger partial charge in [-0.2, -0.15) is 5.10 Å². The summed E-state index contributed by atoms with van der Waals surface area (Å²) in [4.78, 5) is 16.8. The molecule has 0 radical (unpaired) electrons. The molecule has 28 heavy (non-hydrogen) atoms. The zero-order valence-electron chi connectivity index (χ0n) is 16.8. The van der Waals surface area contributed by atoms with Crippen molar-refractivity contribution in [3.05, 3.63) is 36.2 Å². The predicted molar refractivity (Wildman–Crippen MR) is 111 cm³/mol. The Kier molecular flexibility index (Phi) is 6.40. The fraction of sp³-hybridized carbons (Fsp3) is 0.609. The van der Waals surface area contributed by atoms with E-state index in [1.165, 1.54) is 57.8 Å². The van der Waals surface area contributed by atoms with Crippen molar-refractivity contribution >= 4 is 5.91 Å². The van der Waals surface area contributed by atoms with Crippen molar-refractivity contribution in [2.24, 2.45) is 5.92 Å². The van der Waals surface area contributed by atoms with E-state index in [1.54, 1.807) is 0 Å². The topological polar surface area (TPSA) is 59.8 Å². The summed E-state index contributed by atoms with van der Waals surface area (Å²) in [6, 6.07) is 8.54. The Bertz CT molecular complexity index is 758.